The second kappa shape index (κ2) is 7.59. The highest BCUT2D eigenvalue weighted by atomic mass is 16.4. The number of carboxylic acids is 1. The highest BCUT2D eigenvalue weighted by Crippen LogP contribution is 2.21. The van der Waals surface area contributed by atoms with Crippen molar-refractivity contribution in [1.82, 2.24) is 4.90 Å². The predicted molar refractivity (Wildman–Crippen MR) is 83.6 cm³/mol. The van der Waals surface area contributed by atoms with Gasteiger partial charge in [-0.05, 0) is 31.9 Å². The summed E-state index contributed by atoms with van der Waals surface area (Å²) < 4.78 is 0. The quantitative estimate of drug-likeness (QED) is 0.755. The monoisotopic (exact) mass is 290 g/mol. The number of hydrogen-bond donors (Lipinski definition) is 2. The molecule has 5 nitrogen and oxygen atoms in total. The largest absolute Gasteiger partial charge is 0.480 e. The number of anilines is 1. The van der Waals surface area contributed by atoms with E-state index in [-0.39, 0.29) is 19.0 Å². The Kier molecular flexibility index (Phi) is 6.11. The number of benzene rings is 1. The van der Waals surface area contributed by atoms with Gasteiger partial charge in [-0.3, -0.25) is 14.5 Å². The van der Waals surface area contributed by atoms with Crippen molar-refractivity contribution in [3.05, 3.63) is 41.5 Å². The minimum Gasteiger partial charge on any atom is -0.480 e. The topological polar surface area (TPSA) is 69.6 Å². The molecule has 0 aliphatic carbocycles. The maximum atomic E-state index is 12.1. The molecule has 0 spiro atoms. The first-order chi connectivity index (χ1) is 9.83. The summed E-state index contributed by atoms with van der Waals surface area (Å²) in [5, 5.41) is 11.7. The van der Waals surface area contributed by atoms with Gasteiger partial charge in [0.25, 0.3) is 0 Å². The van der Waals surface area contributed by atoms with Crippen LogP contribution < -0.4 is 5.32 Å². The number of nitrogens with one attached hydrogen (secondary N) is 1. The third kappa shape index (κ3) is 5.39. The van der Waals surface area contributed by atoms with E-state index in [1.165, 1.54) is 4.90 Å². The molecular formula is C16H22N2O3. The fraction of sp³-hybridized carbons (Fsp3) is 0.375. The summed E-state index contributed by atoms with van der Waals surface area (Å²) in [6.07, 6.45) is 1.58. The van der Waals surface area contributed by atoms with Gasteiger partial charge in [-0.2, -0.15) is 0 Å². The molecule has 0 saturated carbocycles. The van der Waals surface area contributed by atoms with Crippen LogP contribution in [0.3, 0.4) is 0 Å². The van der Waals surface area contributed by atoms with Gasteiger partial charge >= 0.3 is 5.97 Å². The number of aliphatic carboxylic acids is 1. The SMILES string of the molecule is C=CCN(CC(=O)O)CC(=O)Nc1c(C)cc(C)cc1C. The fourth-order valence-corrected chi connectivity index (χ4v) is 2.32. The van der Waals surface area contributed by atoms with E-state index < -0.39 is 5.97 Å². The Labute approximate surface area is 125 Å². The number of aryl methyl sites for hydroxylation is 3. The van der Waals surface area contributed by atoms with E-state index in [4.69, 9.17) is 5.11 Å². The molecule has 1 amide bonds. The van der Waals surface area contributed by atoms with E-state index in [1.54, 1.807) is 6.08 Å². The Morgan fingerprint density at radius 1 is 1.24 bits per heavy atom. The van der Waals surface area contributed by atoms with Crippen LogP contribution in [0, 0.1) is 20.8 Å². The normalized spacial score (nSPS) is 10.5. The van der Waals surface area contributed by atoms with Crippen molar-refractivity contribution in [2.45, 2.75) is 20.8 Å². The van der Waals surface area contributed by atoms with Gasteiger partial charge < -0.3 is 10.4 Å². The minimum atomic E-state index is -0.965. The van der Waals surface area contributed by atoms with Crippen LogP contribution in [-0.2, 0) is 9.59 Å². The molecule has 0 unspecified atom stereocenters. The molecule has 21 heavy (non-hydrogen) atoms. The van der Waals surface area contributed by atoms with Crippen molar-refractivity contribution >= 4 is 17.6 Å². The van der Waals surface area contributed by atoms with Crippen LogP contribution in [0.2, 0.25) is 0 Å². The zero-order valence-electron chi connectivity index (χ0n) is 12.8. The second-order valence-electron chi connectivity index (χ2n) is 5.17. The molecule has 1 rings (SSSR count). The van der Waals surface area contributed by atoms with Crippen LogP contribution in [0.1, 0.15) is 16.7 Å². The highest BCUT2D eigenvalue weighted by molar-refractivity contribution is 5.94. The maximum Gasteiger partial charge on any atom is 0.317 e. The lowest BCUT2D eigenvalue weighted by molar-refractivity contribution is -0.138. The molecule has 114 valence electrons. The molecule has 0 atom stereocenters. The molecule has 0 saturated heterocycles. The Hall–Kier alpha value is -2.14. The molecule has 5 heteroatoms. The smallest absolute Gasteiger partial charge is 0.317 e. The van der Waals surface area contributed by atoms with Crippen LogP contribution in [0.25, 0.3) is 0 Å². The van der Waals surface area contributed by atoms with Gasteiger partial charge in [0.2, 0.25) is 5.91 Å². The standard InChI is InChI=1S/C16H22N2O3/c1-5-6-18(10-15(20)21)9-14(19)17-16-12(3)7-11(2)8-13(16)4/h5,7-8H,1,6,9-10H2,2-4H3,(H,17,19)(H,20,21). The molecule has 0 fully saturated rings. The van der Waals surface area contributed by atoms with Gasteiger partial charge in [-0.15, -0.1) is 6.58 Å². The summed E-state index contributed by atoms with van der Waals surface area (Å²) in [7, 11) is 0. The Morgan fingerprint density at radius 2 is 1.81 bits per heavy atom. The van der Waals surface area contributed by atoms with Gasteiger partial charge in [0.15, 0.2) is 0 Å². The lowest BCUT2D eigenvalue weighted by atomic mass is 10.1. The number of hydrogen-bond acceptors (Lipinski definition) is 3. The molecule has 2 N–H and O–H groups in total. The summed E-state index contributed by atoms with van der Waals surface area (Å²) >= 11 is 0. The van der Waals surface area contributed by atoms with Crippen molar-refractivity contribution in [2.75, 3.05) is 25.0 Å². The molecule has 0 heterocycles. The summed E-state index contributed by atoms with van der Waals surface area (Å²) in [4.78, 5) is 24.4. The lowest BCUT2D eigenvalue weighted by Crippen LogP contribution is -2.37. The van der Waals surface area contributed by atoms with E-state index in [0.717, 1.165) is 22.4 Å². The summed E-state index contributed by atoms with van der Waals surface area (Å²) in [5.74, 6) is -1.19. The first-order valence-electron chi connectivity index (χ1n) is 6.76. The van der Waals surface area contributed by atoms with Crippen LogP contribution in [-0.4, -0.2) is 41.5 Å². The van der Waals surface area contributed by atoms with Crippen molar-refractivity contribution in [3.63, 3.8) is 0 Å². The van der Waals surface area contributed by atoms with Crippen molar-refractivity contribution < 1.29 is 14.7 Å². The summed E-state index contributed by atoms with van der Waals surface area (Å²) in [5.41, 5.74) is 3.92. The van der Waals surface area contributed by atoms with Crippen LogP contribution in [0.5, 0.6) is 0 Å². The molecule has 1 aromatic carbocycles. The molecule has 0 radical (unpaired) electrons. The Bertz CT molecular complexity index is 529. The number of carbonyl (C=O) groups excluding carboxylic acids is 1. The minimum absolute atomic E-state index is 0.0189. The van der Waals surface area contributed by atoms with E-state index in [9.17, 15) is 9.59 Å². The summed E-state index contributed by atoms with van der Waals surface area (Å²) in [6.45, 7) is 9.64. The average molecular weight is 290 g/mol. The Balaban J connectivity index is 2.76. The van der Waals surface area contributed by atoms with Crippen LogP contribution in [0.15, 0.2) is 24.8 Å². The molecule has 0 aliphatic rings. The zero-order chi connectivity index (χ0) is 16.0. The van der Waals surface area contributed by atoms with Crippen molar-refractivity contribution in [2.24, 2.45) is 0 Å². The van der Waals surface area contributed by atoms with E-state index in [1.807, 2.05) is 32.9 Å². The first-order valence-corrected chi connectivity index (χ1v) is 6.76. The number of carboxylic acid groups (broad SMARTS) is 1. The molecule has 0 aromatic heterocycles. The third-order valence-corrected chi connectivity index (χ3v) is 3.05. The van der Waals surface area contributed by atoms with Crippen molar-refractivity contribution in [1.29, 1.82) is 0 Å². The molecule has 0 aliphatic heterocycles. The number of nitrogens with zero attached hydrogens (tertiary/aromatic N) is 1. The fourth-order valence-electron chi connectivity index (χ4n) is 2.32. The van der Waals surface area contributed by atoms with Gasteiger partial charge in [0.05, 0.1) is 13.1 Å². The van der Waals surface area contributed by atoms with E-state index in [2.05, 4.69) is 11.9 Å². The number of amides is 1. The predicted octanol–water partition coefficient (Wildman–Crippen LogP) is 2.12. The molecular weight excluding hydrogens is 268 g/mol. The molecule has 0 bridgehead atoms. The van der Waals surface area contributed by atoms with Crippen molar-refractivity contribution in [3.8, 4) is 0 Å². The highest BCUT2D eigenvalue weighted by Gasteiger charge is 2.14. The van der Waals surface area contributed by atoms with Gasteiger partial charge in [0.1, 0.15) is 0 Å². The van der Waals surface area contributed by atoms with Crippen LogP contribution in [0.4, 0.5) is 5.69 Å². The van der Waals surface area contributed by atoms with Gasteiger partial charge in [-0.1, -0.05) is 23.8 Å². The zero-order valence-corrected chi connectivity index (χ0v) is 12.8. The first kappa shape index (κ1) is 16.9. The van der Waals surface area contributed by atoms with Gasteiger partial charge in [0, 0.05) is 12.2 Å². The lowest BCUT2D eigenvalue weighted by Gasteiger charge is -2.19. The maximum absolute atomic E-state index is 12.1. The average Bonchev–Trinajstić information content (AvgIpc) is 2.33. The number of rotatable bonds is 7. The van der Waals surface area contributed by atoms with E-state index >= 15 is 0 Å². The van der Waals surface area contributed by atoms with Crippen LogP contribution >= 0.6 is 0 Å². The summed E-state index contributed by atoms with van der Waals surface area (Å²) in [6, 6.07) is 4.00. The molecule has 1 aromatic rings. The second-order valence-corrected chi connectivity index (χ2v) is 5.17. The van der Waals surface area contributed by atoms with E-state index in [0.29, 0.717) is 6.54 Å². The third-order valence-electron chi connectivity index (χ3n) is 3.05. The van der Waals surface area contributed by atoms with Gasteiger partial charge in [-0.25, -0.2) is 0 Å². The Morgan fingerprint density at radius 3 is 2.29 bits per heavy atom. The number of carbonyl (C=O) groups is 2.